The third kappa shape index (κ3) is 3.14. The average molecular weight is 275 g/mol. The highest BCUT2D eigenvalue weighted by molar-refractivity contribution is 5.85. The van der Waals surface area contributed by atoms with Gasteiger partial charge >= 0.3 is 0 Å². The van der Waals surface area contributed by atoms with Crippen LogP contribution in [0.2, 0.25) is 0 Å². The van der Waals surface area contributed by atoms with E-state index in [2.05, 4.69) is 12.2 Å². The van der Waals surface area contributed by atoms with Crippen molar-refractivity contribution in [3.8, 4) is 0 Å². The maximum Gasteiger partial charge on any atom is 0.270 e. The number of fused-ring (bicyclic) bond motifs is 1. The number of amides is 1. The van der Waals surface area contributed by atoms with Gasteiger partial charge in [0.05, 0.1) is 4.92 Å². The summed E-state index contributed by atoms with van der Waals surface area (Å²) in [5, 5.41) is 14.3. The molecule has 0 atom stereocenters. The van der Waals surface area contributed by atoms with Gasteiger partial charge in [-0.05, 0) is 18.6 Å². The first-order valence-electron chi connectivity index (χ1n) is 6.62. The molecule has 0 unspecified atom stereocenters. The minimum absolute atomic E-state index is 0.0469. The largest absolute Gasteiger partial charge is 0.355 e. The van der Waals surface area contributed by atoms with Crippen molar-refractivity contribution in [1.29, 1.82) is 0 Å². The average Bonchev–Trinajstić information content (AvgIpc) is 2.81. The van der Waals surface area contributed by atoms with Gasteiger partial charge in [-0.15, -0.1) is 0 Å². The van der Waals surface area contributed by atoms with E-state index >= 15 is 0 Å². The first-order chi connectivity index (χ1) is 9.61. The molecule has 6 heteroatoms. The van der Waals surface area contributed by atoms with Gasteiger partial charge in [0.25, 0.3) is 5.69 Å². The maximum atomic E-state index is 11.8. The molecule has 0 aliphatic heterocycles. The Balaban J connectivity index is 2.11. The lowest BCUT2D eigenvalue weighted by Gasteiger charge is -2.06. The van der Waals surface area contributed by atoms with Gasteiger partial charge in [0.1, 0.15) is 6.54 Å². The van der Waals surface area contributed by atoms with Crippen LogP contribution in [0, 0.1) is 10.1 Å². The van der Waals surface area contributed by atoms with E-state index in [-0.39, 0.29) is 18.1 Å². The Bertz CT molecular complexity index is 634. The Morgan fingerprint density at radius 1 is 1.40 bits per heavy atom. The normalized spacial score (nSPS) is 10.7. The summed E-state index contributed by atoms with van der Waals surface area (Å²) in [5.41, 5.74) is 0.879. The molecule has 0 radical (unpaired) electrons. The van der Waals surface area contributed by atoms with Crippen molar-refractivity contribution < 1.29 is 9.72 Å². The van der Waals surface area contributed by atoms with Crippen molar-refractivity contribution in [3.05, 3.63) is 40.6 Å². The first-order valence-corrected chi connectivity index (χ1v) is 6.62. The molecule has 0 aliphatic carbocycles. The van der Waals surface area contributed by atoms with Crippen molar-refractivity contribution in [2.24, 2.45) is 0 Å². The number of carbonyl (C=O) groups is 1. The molecule has 0 aliphatic rings. The third-order valence-corrected chi connectivity index (χ3v) is 3.13. The van der Waals surface area contributed by atoms with Crippen LogP contribution in [0.3, 0.4) is 0 Å². The topological polar surface area (TPSA) is 77.2 Å². The number of nitro groups is 1. The van der Waals surface area contributed by atoms with Crippen LogP contribution in [0.25, 0.3) is 10.9 Å². The van der Waals surface area contributed by atoms with Crippen molar-refractivity contribution in [2.75, 3.05) is 6.54 Å². The molecule has 0 saturated carbocycles. The number of nitrogens with one attached hydrogen (secondary N) is 1. The summed E-state index contributed by atoms with van der Waals surface area (Å²) >= 11 is 0. The zero-order chi connectivity index (χ0) is 14.5. The highest BCUT2D eigenvalue weighted by Gasteiger charge is 2.10. The molecular weight excluding hydrogens is 258 g/mol. The SMILES string of the molecule is CCCCNC(=O)Cn1ccc2cc([N+](=O)[O-])ccc21. The number of unbranched alkanes of at least 4 members (excludes halogenated alkanes) is 1. The van der Waals surface area contributed by atoms with Gasteiger partial charge < -0.3 is 9.88 Å². The minimum atomic E-state index is -0.422. The van der Waals surface area contributed by atoms with Gasteiger partial charge in [0.15, 0.2) is 0 Å². The number of hydrogen-bond donors (Lipinski definition) is 1. The summed E-state index contributed by atoms with van der Waals surface area (Å²) in [5.74, 6) is -0.0469. The molecule has 1 amide bonds. The maximum absolute atomic E-state index is 11.8. The van der Waals surface area contributed by atoms with E-state index in [1.807, 2.05) is 0 Å². The highest BCUT2D eigenvalue weighted by atomic mass is 16.6. The lowest BCUT2D eigenvalue weighted by molar-refractivity contribution is -0.384. The predicted molar refractivity (Wildman–Crippen MR) is 76.5 cm³/mol. The van der Waals surface area contributed by atoms with Crippen LogP contribution >= 0.6 is 0 Å². The smallest absolute Gasteiger partial charge is 0.270 e. The Morgan fingerprint density at radius 2 is 2.20 bits per heavy atom. The van der Waals surface area contributed by atoms with Crippen LogP contribution in [0.1, 0.15) is 19.8 Å². The number of benzene rings is 1. The standard InChI is InChI=1S/C14H17N3O3/c1-2-3-7-15-14(18)10-16-8-6-11-9-12(17(19)20)4-5-13(11)16/h4-6,8-9H,2-3,7,10H2,1H3,(H,15,18). The van der Waals surface area contributed by atoms with Crippen molar-refractivity contribution in [1.82, 2.24) is 9.88 Å². The monoisotopic (exact) mass is 275 g/mol. The van der Waals surface area contributed by atoms with Crippen LogP contribution < -0.4 is 5.32 Å². The number of hydrogen-bond acceptors (Lipinski definition) is 3. The van der Waals surface area contributed by atoms with Crippen LogP contribution in [0.15, 0.2) is 30.5 Å². The van der Waals surface area contributed by atoms with E-state index in [0.717, 1.165) is 23.7 Å². The second-order valence-electron chi connectivity index (χ2n) is 4.65. The minimum Gasteiger partial charge on any atom is -0.355 e. The molecule has 106 valence electrons. The number of rotatable bonds is 6. The summed E-state index contributed by atoms with van der Waals surface area (Å²) in [6.07, 6.45) is 3.77. The Morgan fingerprint density at radius 3 is 2.90 bits per heavy atom. The number of nitro benzene ring substituents is 1. The molecule has 1 aromatic carbocycles. The summed E-state index contributed by atoms with van der Waals surface area (Å²) in [6.45, 7) is 2.98. The Kier molecular flexibility index (Phi) is 4.34. The van der Waals surface area contributed by atoms with E-state index in [0.29, 0.717) is 6.54 Å². The second kappa shape index (κ2) is 6.18. The van der Waals surface area contributed by atoms with Crippen molar-refractivity contribution >= 4 is 22.5 Å². The van der Waals surface area contributed by atoms with E-state index in [1.165, 1.54) is 12.1 Å². The van der Waals surface area contributed by atoms with Crippen molar-refractivity contribution in [3.63, 3.8) is 0 Å². The molecule has 0 saturated heterocycles. The third-order valence-electron chi connectivity index (χ3n) is 3.13. The summed E-state index contributed by atoms with van der Waals surface area (Å²) in [7, 11) is 0. The first kappa shape index (κ1) is 14.0. The number of nitrogens with zero attached hydrogens (tertiary/aromatic N) is 2. The summed E-state index contributed by atoms with van der Waals surface area (Å²) in [4.78, 5) is 22.1. The van der Waals surface area contributed by atoms with Crippen LogP contribution in [-0.2, 0) is 11.3 Å². The molecule has 1 aromatic heterocycles. The molecule has 6 nitrogen and oxygen atoms in total. The molecule has 2 rings (SSSR count). The van der Waals surface area contributed by atoms with Gasteiger partial charge in [0, 0.05) is 35.8 Å². The zero-order valence-corrected chi connectivity index (χ0v) is 11.3. The van der Waals surface area contributed by atoms with E-state index < -0.39 is 4.92 Å². The lowest BCUT2D eigenvalue weighted by atomic mass is 10.2. The zero-order valence-electron chi connectivity index (χ0n) is 11.3. The molecule has 1 N–H and O–H groups in total. The van der Waals surface area contributed by atoms with E-state index in [9.17, 15) is 14.9 Å². The fourth-order valence-electron chi connectivity index (χ4n) is 2.05. The number of carbonyl (C=O) groups excluding carboxylic acids is 1. The Labute approximate surface area is 116 Å². The molecular formula is C14H17N3O3. The predicted octanol–water partition coefficient (Wildman–Crippen LogP) is 2.47. The molecule has 0 spiro atoms. The fourth-order valence-corrected chi connectivity index (χ4v) is 2.05. The van der Waals surface area contributed by atoms with Crippen LogP contribution in [0.4, 0.5) is 5.69 Å². The second-order valence-corrected chi connectivity index (χ2v) is 4.65. The van der Waals surface area contributed by atoms with Crippen LogP contribution in [-0.4, -0.2) is 21.9 Å². The van der Waals surface area contributed by atoms with Crippen LogP contribution in [0.5, 0.6) is 0 Å². The molecule has 0 bridgehead atoms. The molecule has 2 aromatic rings. The molecule has 20 heavy (non-hydrogen) atoms. The van der Waals surface area contributed by atoms with Gasteiger partial charge in [-0.25, -0.2) is 0 Å². The fraction of sp³-hybridized carbons (Fsp3) is 0.357. The molecule has 1 heterocycles. The van der Waals surface area contributed by atoms with E-state index in [4.69, 9.17) is 0 Å². The van der Waals surface area contributed by atoms with Crippen molar-refractivity contribution in [2.45, 2.75) is 26.3 Å². The lowest BCUT2D eigenvalue weighted by Crippen LogP contribution is -2.28. The number of non-ortho nitro benzene ring substituents is 1. The Hall–Kier alpha value is -2.37. The van der Waals surface area contributed by atoms with Gasteiger partial charge in [-0.1, -0.05) is 13.3 Å². The number of aromatic nitrogens is 1. The quantitative estimate of drug-likeness (QED) is 0.500. The van der Waals surface area contributed by atoms with E-state index in [1.54, 1.807) is 22.9 Å². The van der Waals surface area contributed by atoms with Gasteiger partial charge in [-0.2, -0.15) is 0 Å². The molecule has 0 fully saturated rings. The van der Waals surface area contributed by atoms with Gasteiger partial charge in [0.2, 0.25) is 5.91 Å². The summed E-state index contributed by atoms with van der Waals surface area (Å²) < 4.78 is 1.79. The summed E-state index contributed by atoms with van der Waals surface area (Å²) in [6, 6.07) is 6.42. The van der Waals surface area contributed by atoms with Gasteiger partial charge in [-0.3, -0.25) is 14.9 Å². The highest BCUT2D eigenvalue weighted by Crippen LogP contribution is 2.21.